The van der Waals surface area contributed by atoms with E-state index in [1.165, 1.54) is 18.6 Å². The van der Waals surface area contributed by atoms with Crippen LogP contribution >= 0.6 is 0 Å². The largest absolute Gasteiger partial charge is 0.478 e. The second-order valence-electron chi connectivity index (χ2n) is 3.03. The van der Waals surface area contributed by atoms with Crippen molar-refractivity contribution < 1.29 is 24.5 Å². The molecule has 0 aliphatic heterocycles. The summed E-state index contributed by atoms with van der Waals surface area (Å²) in [5, 5.41) is 30.5. The summed E-state index contributed by atoms with van der Waals surface area (Å²) in [5.41, 5.74) is 2.81. The van der Waals surface area contributed by atoms with Crippen molar-refractivity contribution in [2.75, 3.05) is 0 Å². The fourth-order valence-electron chi connectivity index (χ4n) is 0.0680. The predicted octanol–water partition coefficient (Wildman–Crippen LogP) is 4.54. The lowest BCUT2D eigenvalue weighted by Crippen LogP contribution is -1.82. The molecule has 0 radical (unpaired) electrons. The number of carboxylic acid groups (broad SMARTS) is 2. The van der Waals surface area contributed by atoms with Gasteiger partial charge in [-0.3, -0.25) is 0 Å². The zero-order valence-corrected chi connectivity index (χ0v) is 15.6. The Morgan fingerprint density at radius 1 is 0.926 bits per heavy atom. The molecule has 0 fully saturated rings. The number of aliphatic carboxylic acids is 2. The molecule has 0 spiro atoms. The van der Waals surface area contributed by atoms with Gasteiger partial charge in [0.15, 0.2) is 0 Å². The molecule has 0 aromatic carbocycles. The van der Waals surface area contributed by atoms with E-state index >= 15 is 0 Å². The molecule has 0 aliphatic rings. The highest BCUT2D eigenvalue weighted by molar-refractivity contribution is 5.79. The maximum absolute atomic E-state index is 9.25. The van der Waals surface area contributed by atoms with Crippen LogP contribution in [0.3, 0.4) is 0 Å². The van der Waals surface area contributed by atoms with Crippen LogP contribution in [0.2, 0.25) is 0 Å². The second kappa shape index (κ2) is 49.5. The molecule has 0 unspecified atom stereocenters. The zero-order chi connectivity index (χ0) is 23.1. The SMILES string of the molecule is C=C(C)C#N.C=C=C.C=CC#N.C=CC(=O)O.C=CC(=O)O.C=COC=C. The van der Waals surface area contributed by atoms with Gasteiger partial charge >= 0.3 is 11.9 Å². The van der Waals surface area contributed by atoms with Crippen LogP contribution in [-0.2, 0) is 14.3 Å². The number of carbonyl (C=O) groups is 2. The quantitative estimate of drug-likeness (QED) is 0.319. The Bertz CT molecular complexity index is 546. The number of ether oxygens (including phenoxy) is 1. The van der Waals surface area contributed by atoms with Gasteiger partial charge in [0.1, 0.15) is 0 Å². The Morgan fingerprint density at radius 2 is 1.11 bits per heavy atom. The first-order valence-electron chi connectivity index (χ1n) is 6.49. The van der Waals surface area contributed by atoms with Crippen LogP contribution in [0, 0.1) is 22.7 Å². The molecule has 0 amide bonds. The highest BCUT2D eigenvalue weighted by Gasteiger charge is 1.73. The first-order chi connectivity index (χ1) is 12.6. The number of hydrogen-bond donors (Lipinski definition) is 2. The Balaban J connectivity index is -0.0000000494. The molecule has 0 aromatic rings. The zero-order valence-electron chi connectivity index (χ0n) is 15.6. The number of nitriles is 2. The summed E-state index contributed by atoms with van der Waals surface area (Å²) in [4.78, 5) is 18.5. The van der Waals surface area contributed by atoms with Gasteiger partial charge in [0.05, 0.1) is 24.7 Å². The van der Waals surface area contributed by atoms with E-state index < -0.39 is 11.9 Å². The Morgan fingerprint density at radius 3 is 1.11 bits per heavy atom. The maximum atomic E-state index is 9.25. The highest BCUT2D eigenvalue weighted by atomic mass is 16.5. The lowest BCUT2D eigenvalue weighted by Gasteiger charge is -1.76. The van der Waals surface area contributed by atoms with Crippen LogP contribution < -0.4 is 0 Å². The van der Waals surface area contributed by atoms with E-state index in [0.29, 0.717) is 5.57 Å². The van der Waals surface area contributed by atoms with Crippen molar-refractivity contribution in [3.63, 3.8) is 0 Å². The minimum Gasteiger partial charge on any atom is -0.478 e. The molecule has 0 rings (SSSR count). The van der Waals surface area contributed by atoms with Crippen molar-refractivity contribution in [1.29, 1.82) is 10.5 Å². The fraction of sp³-hybridized carbons (Fsp3) is 0.0500. The van der Waals surface area contributed by atoms with Crippen molar-refractivity contribution in [3.05, 3.63) is 94.7 Å². The fourth-order valence-corrected chi connectivity index (χ4v) is 0.0680. The van der Waals surface area contributed by atoms with Gasteiger partial charge in [-0.15, -0.1) is 5.73 Å². The summed E-state index contributed by atoms with van der Waals surface area (Å²) in [6.07, 6.45) is 5.47. The molecular weight excluding hydrogens is 348 g/mol. The summed E-state index contributed by atoms with van der Waals surface area (Å²) < 4.78 is 4.36. The molecule has 146 valence electrons. The van der Waals surface area contributed by atoms with Gasteiger partial charge in [0, 0.05) is 23.8 Å². The standard InChI is InChI=1S/C4H5N.C4H6O.C3H3N.2C3H4O2.C3H4/c1-4(2)3-5;1-3-5-4-2;1-2-3-4;2*1-2-3(4)5;1-3-2/h1H2,2H3;3-4H,1-2H2;2H,1H2;2*2H,1H2,(H,4,5);1-2H2. The molecule has 27 heavy (non-hydrogen) atoms. The first-order valence-corrected chi connectivity index (χ1v) is 6.49. The third kappa shape index (κ3) is 383. The van der Waals surface area contributed by atoms with Crippen molar-refractivity contribution in [3.8, 4) is 12.1 Å². The van der Waals surface area contributed by atoms with Crippen LogP contribution in [0.1, 0.15) is 6.92 Å². The number of rotatable bonds is 4. The molecule has 0 heterocycles. The Kier molecular flexibility index (Phi) is 70.3. The average molecular weight is 374 g/mol. The van der Waals surface area contributed by atoms with E-state index in [9.17, 15) is 9.59 Å². The van der Waals surface area contributed by atoms with Gasteiger partial charge in [-0.25, -0.2) is 9.59 Å². The lowest BCUT2D eigenvalue weighted by molar-refractivity contribution is -0.132. The smallest absolute Gasteiger partial charge is 0.327 e. The summed E-state index contributed by atoms with van der Waals surface area (Å²) in [6.45, 7) is 26.8. The first kappa shape index (κ1) is 38.3. The molecule has 0 aliphatic carbocycles. The Hall–Kier alpha value is -4.32. The molecule has 2 N–H and O–H groups in total. The van der Waals surface area contributed by atoms with Crippen LogP contribution in [0.4, 0.5) is 0 Å². The lowest BCUT2D eigenvalue weighted by atomic mass is 10.4. The van der Waals surface area contributed by atoms with Gasteiger partial charge in [0.25, 0.3) is 0 Å². The van der Waals surface area contributed by atoms with Crippen molar-refractivity contribution in [2.24, 2.45) is 0 Å². The third-order valence-electron chi connectivity index (χ3n) is 0.824. The average Bonchev–Trinajstić information content (AvgIpc) is 2.64. The van der Waals surface area contributed by atoms with E-state index in [0.717, 1.165) is 12.2 Å². The van der Waals surface area contributed by atoms with Gasteiger partial charge in [-0.1, -0.05) is 52.6 Å². The van der Waals surface area contributed by atoms with Gasteiger partial charge in [-0.05, 0) is 6.92 Å². The predicted molar refractivity (Wildman–Crippen MR) is 108 cm³/mol. The van der Waals surface area contributed by atoms with Gasteiger partial charge in [-0.2, -0.15) is 10.5 Å². The van der Waals surface area contributed by atoms with Crippen LogP contribution in [0.5, 0.6) is 0 Å². The molecule has 0 saturated carbocycles. The summed E-state index contributed by atoms with van der Waals surface area (Å²) in [5.74, 6) is -1.96. The van der Waals surface area contributed by atoms with E-state index in [1.54, 1.807) is 13.0 Å². The van der Waals surface area contributed by atoms with Crippen LogP contribution in [0.25, 0.3) is 0 Å². The number of carboxylic acids is 2. The van der Waals surface area contributed by atoms with Crippen molar-refractivity contribution in [1.82, 2.24) is 0 Å². The molecule has 0 saturated heterocycles. The van der Waals surface area contributed by atoms with E-state index in [4.69, 9.17) is 20.7 Å². The van der Waals surface area contributed by atoms with Crippen molar-refractivity contribution in [2.45, 2.75) is 6.92 Å². The van der Waals surface area contributed by atoms with Crippen molar-refractivity contribution >= 4 is 11.9 Å². The molecule has 0 bridgehead atoms. The molecule has 0 atom stereocenters. The monoisotopic (exact) mass is 374 g/mol. The molecule has 0 aromatic heterocycles. The normalized spacial score (nSPS) is 5.30. The topological polar surface area (TPSA) is 131 Å². The highest BCUT2D eigenvalue weighted by Crippen LogP contribution is 1.74. The summed E-state index contributed by atoms with van der Waals surface area (Å²) >= 11 is 0. The maximum Gasteiger partial charge on any atom is 0.327 e. The summed E-state index contributed by atoms with van der Waals surface area (Å²) in [6, 6.07) is 3.53. The second-order valence-corrected chi connectivity index (χ2v) is 3.03. The number of nitrogens with zero attached hydrogens (tertiary/aromatic N) is 2. The van der Waals surface area contributed by atoms with E-state index in [1.807, 2.05) is 6.07 Å². The van der Waals surface area contributed by atoms with Crippen LogP contribution in [-0.4, -0.2) is 22.2 Å². The molecule has 7 heteroatoms. The van der Waals surface area contributed by atoms with E-state index in [-0.39, 0.29) is 0 Å². The van der Waals surface area contributed by atoms with Gasteiger partial charge < -0.3 is 14.9 Å². The minimum absolute atomic E-state index is 0.560. The van der Waals surface area contributed by atoms with Gasteiger partial charge in [0.2, 0.25) is 0 Å². The minimum atomic E-state index is -0.981. The van der Waals surface area contributed by atoms with E-state index in [2.05, 4.69) is 63.1 Å². The number of hydrogen-bond acceptors (Lipinski definition) is 5. The van der Waals surface area contributed by atoms with Crippen LogP contribution in [0.15, 0.2) is 94.7 Å². The third-order valence-corrected chi connectivity index (χ3v) is 0.824. The molecule has 7 nitrogen and oxygen atoms in total. The molecular formula is C20H26N2O5. The Labute approximate surface area is 161 Å². The summed E-state index contributed by atoms with van der Waals surface area (Å²) in [7, 11) is 0. The number of allylic oxidation sites excluding steroid dienone is 2.